The summed E-state index contributed by atoms with van der Waals surface area (Å²) < 4.78 is 27.1. The Morgan fingerprint density at radius 2 is 1.78 bits per heavy atom. The van der Waals surface area contributed by atoms with Crippen molar-refractivity contribution in [3.8, 4) is 0 Å². The second-order valence-corrected chi connectivity index (χ2v) is 10.7. The summed E-state index contributed by atoms with van der Waals surface area (Å²) in [5, 5.41) is 18.7. The zero-order chi connectivity index (χ0) is 26.3. The molecule has 4 rings (SSSR count). The lowest BCUT2D eigenvalue weighted by Crippen LogP contribution is -2.50. The molecule has 0 aliphatic carbocycles. The molecule has 11 nitrogen and oxygen atoms in total. The van der Waals surface area contributed by atoms with Gasteiger partial charge in [-0.2, -0.15) is 4.72 Å². The minimum absolute atomic E-state index is 0.0533. The van der Waals surface area contributed by atoms with Crippen LogP contribution in [-0.4, -0.2) is 76.2 Å². The van der Waals surface area contributed by atoms with Crippen molar-refractivity contribution in [2.45, 2.75) is 36.2 Å². The smallest absolute Gasteiger partial charge is 0.323 e. The molecule has 2 aliphatic rings. The number of amides is 1. The summed E-state index contributed by atoms with van der Waals surface area (Å²) in [5.41, 5.74) is 1.36. The predicted molar refractivity (Wildman–Crippen MR) is 140 cm³/mol. The predicted octanol–water partition coefficient (Wildman–Crippen LogP) is 0.756. The van der Waals surface area contributed by atoms with Crippen molar-refractivity contribution in [1.82, 2.24) is 20.7 Å². The highest BCUT2D eigenvalue weighted by molar-refractivity contribution is 7.89. The van der Waals surface area contributed by atoms with Crippen LogP contribution in [0.5, 0.6) is 0 Å². The summed E-state index contributed by atoms with van der Waals surface area (Å²) in [6.45, 7) is 3.15. The largest absolute Gasteiger partial charge is 0.480 e. The fourth-order valence-electron chi connectivity index (χ4n) is 4.26. The van der Waals surface area contributed by atoms with Crippen molar-refractivity contribution in [3.63, 3.8) is 0 Å². The molecule has 1 amide bonds. The normalized spacial score (nSPS) is 17.3. The lowest BCUT2D eigenvalue weighted by Gasteiger charge is -2.35. The SMILES string of the molecule is O=C(NC[C@H](NS(=O)(=O)c1ccccc1)C(=O)O)c1ccc(N2CCC(NC3=NCCCN3)CC2)cc1. The van der Waals surface area contributed by atoms with E-state index < -0.39 is 34.5 Å². The third-order valence-electron chi connectivity index (χ3n) is 6.34. The van der Waals surface area contributed by atoms with Crippen molar-refractivity contribution >= 4 is 33.5 Å². The van der Waals surface area contributed by atoms with Gasteiger partial charge in [-0.25, -0.2) is 8.42 Å². The zero-order valence-electron chi connectivity index (χ0n) is 20.4. The molecule has 2 aliphatic heterocycles. The van der Waals surface area contributed by atoms with Gasteiger partial charge in [-0.3, -0.25) is 14.6 Å². The van der Waals surface area contributed by atoms with E-state index in [0.717, 1.165) is 57.1 Å². The summed E-state index contributed by atoms with van der Waals surface area (Å²) in [6.07, 6.45) is 3.00. The van der Waals surface area contributed by atoms with Gasteiger partial charge in [0, 0.05) is 50.0 Å². The van der Waals surface area contributed by atoms with Crippen LogP contribution in [0.1, 0.15) is 29.6 Å². The number of benzene rings is 2. The summed E-state index contributed by atoms with van der Waals surface area (Å²) in [7, 11) is -4.05. The van der Waals surface area contributed by atoms with Crippen molar-refractivity contribution in [3.05, 3.63) is 60.2 Å². The Morgan fingerprint density at radius 1 is 1.08 bits per heavy atom. The van der Waals surface area contributed by atoms with Crippen molar-refractivity contribution < 1.29 is 23.1 Å². The molecular formula is C25H32N6O5S. The lowest BCUT2D eigenvalue weighted by molar-refractivity contribution is -0.138. The van der Waals surface area contributed by atoms with E-state index in [2.05, 4.69) is 30.6 Å². The zero-order valence-corrected chi connectivity index (χ0v) is 21.2. The number of hydrogen-bond acceptors (Lipinski definition) is 8. The Kier molecular flexibility index (Phi) is 8.62. The van der Waals surface area contributed by atoms with Crippen LogP contribution in [0, 0.1) is 0 Å². The van der Waals surface area contributed by atoms with E-state index in [1.165, 1.54) is 12.1 Å². The van der Waals surface area contributed by atoms with Crippen LogP contribution >= 0.6 is 0 Å². The molecule has 5 N–H and O–H groups in total. The summed E-state index contributed by atoms with van der Waals surface area (Å²) in [5.74, 6) is -0.988. The molecule has 2 heterocycles. The molecule has 1 atom stereocenters. The summed E-state index contributed by atoms with van der Waals surface area (Å²) in [6, 6.07) is 13.4. The topological polar surface area (TPSA) is 152 Å². The molecule has 0 spiro atoms. The van der Waals surface area contributed by atoms with E-state index in [9.17, 15) is 23.1 Å². The second-order valence-electron chi connectivity index (χ2n) is 9.00. The van der Waals surface area contributed by atoms with Gasteiger partial charge in [0.25, 0.3) is 5.91 Å². The first kappa shape index (κ1) is 26.4. The van der Waals surface area contributed by atoms with E-state index in [1.54, 1.807) is 30.3 Å². The fraction of sp³-hybridized carbons (Fsp3) is 0.400. The van der Waals surface area contributed by atoms with Crippen LogP contribution in [-0.2, 0) is 14.8 Å². The van der Waals surface area contributed by atoms with E-state index in [4.69, 9.17) is 0 Å². The van der Waals surface area contributed by atoms with Gasteiger partial charge in [0.05, 0.1) is 4.90 Å². The minimum atomic E-state index is -4.05. The number of carboxylic acid groups (broad SMARTS) is 1. The van der Waals surface area contributed by atoms with Gasteiger partial charge in [-0.05, 0) is 55.7 Å². The van der Waals surface area contributed by atoms with Crippen LogP contribution in [0.25, 0.3) is 0 Å². The van der Waals surface area contributed by atoms with E-state index >= 15 is 0 Å². The molecule has 12 heteroatoms. The molecule has 0 radical (unpaired) electrons. The molecule has 2 aromatic rings. The number of guanidine groups is 1. The van der Waals surface area contributed by atoms with E-state index in [-0.39, 0.29) is 4.90 Å². The number of hydrogen-bond donors (Lipinski definition) is 5. The Bertz CT molecular complexity index is 1210. The number of nitrogens with one attached hydrogen (secondary N) is 4. The van der Waals surface area contributed by atoms with Gasteiger partial charge < -0.3 is 26.0 Å². The maximum Gasteiger partial charge on any atom is 0.323 e. The van der Waals surface area contributed by atoms with Crippen LogP contribution < -0.4 is 25.6 Å². The maximum absolute atomic E-state index is 12.6. The number of carboxylic acids is 1. The third kappa shape index (κ3) is 7.20. The fourth-order valence-corrected chi connectivity index (χ4v) is 5.47. The van der Waals surface area contributed by atoms with Crippen LogP contribution in [0.3, 0.4) is 0 Å². The molecule has 0 aromatic heterocycles. The van der Waals surface area contributed by atoms with Gasteiger partial charge in [-0.15, -0.1) is 0 Å². The first-order valence-electron chi connectivity index (χ1n) is 12.3. The highest BCUT2D eigenvalue weighted by atomic mass is 32.2. The standard InChI is InChI=1S/C25H32N6O5S/c32-23(28-17-22(24(33)34)30-37(35,36)21-5-2-1-3-6-21)18-7-9-20(10-8-18)31-15-11-19(12-16-31)29-25-26-13-4-14-27-25/h1-3,5-10,19,22,30H,4,11-17H2,(H,28,32)(H,33,34)(H2,26,27,29)/t22-/m0/s1. The van der Waals surface area contributed by atoms with Crippen LogP contribution in [0.2, 0.25) is 0 Å². The molecule has 1 fully saturated rings. The third-order valence-corrected chi connectivity index (χ3v) is 7.83. The molecular weight excluding hydrogens is 496 g/mol. The van der Waals surface area contributed by atoms with Gasteiger partial charge in [0.1, 0.15) is 6.04 Å². The van der Waals surface area contributed by atoms with Crippen LogP contribution in [0.15, 0.2) is 64.5 Å². The minimum Gasteiger partial charge on any atom is -0.480 e. The molecule has 37 heavy (non-hydrogen) atoms. The van der Waals surface area contributed by atoms with E-state index in [1.807, 2.05) is 12.1 Å². The monoisotopic (exact) mass is 528 g/mol. The number of sulfonamides is 1. The number of aliphatic carboxylic acids is 1. The number of piperidine rings is 1. The van der Waals surface area contributed by atoms with Gasteiger partial charge in [0.2, 0.25) is 10.0 Å². The summed E-state index contributed by atoms with van der Waals surface area (Å²) in [4.78, 5) is 30.9. The number of carbonyl (C=O) groups excluding carboxylic acids is 1. The molecule has 1 saturated heterocycles. The van der Waals surface area contributed by atoms with Gasteiger partial charge in [-0.1, -0.05) is 18.2 Å². The first-order chi connectivity index (χ1) is 17.8. The maximum atomic E-state index is 12.6. The molecule has 0 unspecified atom stereocenters. The Balaban J connectivity index is 1.27. The van der Waals surface area contributed by atoms with Gasteiger partial charge in [0.15, 0.2) is 5.96 Å². The number of rotatable bonds is 9. The number of aliphatic imine (C=N–C) groups is 1. The average molecular weight is 529 g/mol. The second kappa shape index (κ2) is 12.1. The Labute approximate surface area is 216 Å². The quantitative estimate of drug-likeness (QED) is 0.320. The molecule has 2 aromatic carbocycles. The van der Waals surface area contributed by atoms with E-state index in [0.29, 0.717) is 11.6 Å². The van der Waals surface area contributed by atoms with Gasteiger partial charge >= 0.3 is 5.97 Å². The van der Waals surface area contributed by atoms with Crippen molar-refractivity contribution in [2.75, 3.05) is 37.6 Å². The highest BCUT2D eigenvalue weighted by Crippen LogP contribution is 2.21. The Hall–Kier alpha value is -3.64. The molecule has 0 saturated carbocycles. The van der Waals surface area contributed by atoms with Crippen molar-refractivity contribution in [1.29, 1.82) is 0 Å². The summed E-state index contributed by atoms with van der Waals surface area (Å²) >= 11 is 0. The van der Waals surface area contributed by atoms with Crippen LogP contribution in [0.4, 0.5) is 5.69 Å². The highest BCUT2D eigenvalue weighted by Gasteiger charge is 2.26. The molecule has 198 valence electrons. The van der Waals surface area contributed by atoms with Crippen molar-refractivity contribution in [2.24, 2.45) is 4.99 Å². The number of carbonyl (C=O) groups is 2. The number of nitrogens with zero attached hydrogens (tertiary/aromatic N) is 2. The number of anilines is 1. The lowest BCUT2D eigenvalue weighted by atomic mass is 10.0. The molecule has 0 bridgehead atoms. The Morgan fingerprint density at radius 3 is 2.41 bits per heavy atom. The average Bonchev–Trinajstić information content (AvgIpc) is 2.92. The first-order valence-corrected chi connectivity index (χ1v) is 13.8.